The molecule has 0 N–H and O–H groups in total. The molecular formula is C20H14O6. The maximum absolute atomic E-state index is 11.7. The lowest BCUT2D eigenvalue weighted by Crippen LogP contribution is -2.03. The Hall–Kier alpha value is -3.54. The van der Waals surface area contributed by atoms with Gasteiger partial charge in [-0.25, -0.2) is 0 Å². The van der Waals surface area contributed by atoms with Gasteiger partial charge in [-0.15, -0.1) is 0 Å². The van der Waals surface area contributed by atoms with Crippen LogP contribution in [0.3, 0.4) is 0 Å². The largest absolute Gasteiger partial charge is 0.427 e. The first-order valence-electron chi connectivity index (χ1n) is 7.75. The second-order valence-corrected chi connectivity index (χ2v) is 5.67. The Morgan fingerprint density at radius 2 is 1.08 bits per heavy atom. The van der Waals surface area contributed by atoms with Crippen LogP contribution in [0.5, 0.6) is 11.5 Å². The highest BCUT2D eigenvalue weighted by Crippen LogP contribution is 2.35. The van der Waals surface area contributed by atoms with Gasteiger partial charge in [-0.3, -0.25) is 19.2 Å². The Balaban J connectivity index is 2.38. The number of hydrogen-bond acceptors (Lipinski definition) is 6. The predicted octanol–water partition coefficient (Wildman–Crippen LogP) is 3.47. The fraction of sp³-hybridized carbons (Fsp3) is 0.100. The number of carbonyl (C=O) groups excluding carboxylic acids is 4. The third-order valence-electron chi connectivity index (χ3n) is 3.90. The Morgan fingerprint density at radius 1 is 0.692 bits per heavy atom. The smallest absolute Gasteiger partial charge is 0.308 e. The van der Waals surface area contributed by atoms with Gasteiger partial charge in [0.1, 0.15) is 11.5 Å². The van der Waals surface area contributed by atoms with Crippen molar-refractivity contribution in [3.63, 3.8) is 0 Å². The predicted molar refractivity (Wildman–Crippen MR) is 94.8 cm³/mol. The second-order valence-electron chi connectivity index (χ2n) is 5.67. The monoisotopic (exact) mass is 350 g/mol. The van der Waals surface area contributed by atoms with Gasteiger partial charge in [-0.05, 0) is 57.9 Å². The highest BCUT2D eigenvalue weighted by atomic mass is 16.5. The van der Waals surface area contributed by atoms with Gasteiger partial charge in [-0.1, -0.05) is 0 Å². The van der Waals surface area contributed by atoms with Crippen LogP contribution in [0.2, 0.25) is 0 Å². The first-order chi connectivity index (χ1) is 12.4. The lowest BCUT2D eigenvalue weighted by molar-refractivity contribution is -0.132. The molecule has 0 aliphatic heterocycles. The van der Waals surface area contributed by atoms with Crippen LogP contribution in [0, 0.1) is 0 Å². The van der Waals surface area contributed by atoms with E-state index in [-0.39, 0.29) is 11.5 Å². The molecule has 3 rings (SSSR count). The molecule has 0 heterocycles. The van der Waals surface area contributed by atoms with Crippen LogP contribution in [0.1, 0.15) is 34.6 Å². The zero-order valence-electron chi connectivity index (χ0n) is 14.1. The average Bonchev–Trinajstić information content (AvgIpc) is 2.58. The Bertz CT molecular complexity index is 993. The summed E-state index contributed by atoms with van der Waals surface area (Å²) in [4.78, 5) is 45.8. The summed E-state index contributed by atoms with van der Waals surface area (Å²) in [7, 11) is 0. The SMILES string of the molecule is CC(=O)Oc1ccc2c(C=O)c3cc(OC(C)=O)ccc3c(C=O)c2c1. The van der Waals surface area contributed by atoms with Crippen molar-refractivity contribution in [2.24, 2.45) is 0 Å². The van der Waals surface area contributed by atoms with Crippen LogP contribution >= 0.6 is 0 Å². The van der Waals surface area contributed by atoms with Crippen molar-refractivity contribution in [2.45, 2.75) is 13.8 Å². The maximum Gasteiger partial charge on any atom is 0.308 e. The van der Waals surface area contributed by atoms with E-state index < -0.39 is 11.9 Å². The quantitative estimate of drug-likeness (QED) is 0.310. The molecule has 0 aliphatic rings. The molecule has 0 saturated carbocycles. The van der Waals surface area contributed by atoms with Crippen molar-refractivity contribution in [2.75, 3.05) is 0 Å². The average molecular weight is 350 g/mol. The lowest BCUT2D eigenvalue weighted by Gasteiger charge is -2.13. The fourth-order valence-corrected chi connectivity index (χ4v) is 2.97. The van der Waals surface area contributed by atoms with E-state index in [0.717, 1.165) is 0 Å². The Morgan fingerprint density at radius 3 is 1.38 bits per heavy atom. The highest BCUT2D eigenvalue weighted by molar-refractivity contribution is 6.20. The zero-order valence-corrected chi connectivity index (χ0v) is 14.1. The molecule has 0 saturated heterocycles. The van der Waals surface area contributed by atoms with Crippen LogP contribution in [-0.2, 0) is 9.59 Å². The van der Waals surface area contributed by atoms with Gasteiger partial charge < -0.3 is 9.47 Å². The van der Waals surface area contributed by atoms with Crippen LogP contribution in [0.25, 0.3) is 21.5 Å². The van der Waals surface area contributed by atoms with Gasteiger partial charge >= 0.3 is 11.9 Å². The van der Waals surface area contributed by atoms with Crippen molar-refractivity contribution in [1.29, 1.82) is 0 Å². The molecule has 6 heteroatoms. The highest BCUT2D eigenvalue weighted by Gasteiger charge is 2.15. The first-order valence-corrected chi connectivity index (χ1v) is 7.75. The standard InChI is InChI=1S/C20H14O6/c1-11(23)25-13-3-5-15-17(7-13)19(9-21)16-6-4-14(26-12(2)24)8-18(16)20(15)10-22/h3-10H,1-2H3. The Labute approximate surface area is 148 Å². The number of rotatable bonds is 4. The summed E-state index contributed by atoms with van der Waals surface area (Å²) in [6, 6.07) is 9.42. The normalized spacial score (nSPS) is 10.5. The van der Waals surface area contributed by atoms with E-state index in [1.807, 2.05) is 0 Å². The van der Waals surface area contributed by atoms with Gasteiger partial charge in [0.05, 0.1) is 0 Å². The molecule has 3 aromatic rings. The third-order valence-corrected chi connectivity index (χ3v) is 3.90. The minimum atomic E-state index is -0.487. The first kappa shape index (κ1) is 17.3. The number of aldehydes is 2. The molecule has 0 radical (unpaired) electrons. The molecule has 130 valence electrons. The third kappa shape index (κ3) is 3.04. The summed E-state index contributed by atoms with van der Waals surface area (Å²) in [5.74, 6) is -0.416. The number of carbonyl (C=O) groups is 4. The van der Waals surface area contributed by atoms with Crippen LogP contribution in [-0.4, -0.2) is 24.5 Å². The molecule has 0 aromatic heterocycles. The van der Waals surface area contributed by atoms with E-state index >= 15 is 0 Å². The van der Waals surface area contributed by atoms with E-state index in [2.05, 4.69) is 0 Å². The molecule has 0 bridgehead atoms. The van der Waals surface area contributed by atoms with E-state index in [9.17, 15) is 19.2 Å². The minimum Gasteiger partial charge on any atom is -0.427 e. The molecule has 6 nitrogen and oxygen atoms in total. The lowest BCUT2D eigenvalue weighted by atomic mass is 9.92. The zero-order chi connectivity index (χ0) is 18.8. The number of ether oxygens (including phenoxy) is 2. The van der Waals surface area contributed by atoms with E-state index in [0.29, 0.717) is 45.2 Å². The molecule has 26 heavy (non-hydrogen) atoms. The molecular weight excluding hydrogens is 336 g/mol. The van der Waals surface area contributed by atoms with E-state index in [4.69, 9.17) is 9.47 Å². The maximum atomic E-state index is 11.7. The molecule has 0 aliphatic carbocycles. The van der Waals surface area contributed by atoms with Gasteiger partial charge in [0, 0.05) is 25.0 Å². The summed E-state index contributed by atoms with van der Waals surface area (Å²) < 4.78 is 10.1. The summed E-state index contributed by atoms with van der Waals surface area (Å²) in [6.07, 6.45) is 1.37. The van der Waals surface area contributed by atoms with Gasteiger partial charge in [0.2, 0.25) is 0 Å². The molecule has 0 atom stereocenters. The summed E-state index contributed by atoms with van der Waals surface area (Å²) in [5.41, 5.74) is 0.702. The van der Waals surface area contributed by atoms with E-state index in [1.54, 1.807) is 36.4 Å². The van der Waals surface area contributed by atoms with Gasteiger partial charge in [0.25, 0.3) is 0 Å². The number of benzene rings is 3. The van der Waals surface area contributed by atoms with Crippen molar-refractivity contribution >= 4 is 46.1 Å². The second kappa shape index (κ2) is 6.76. The molecule has 3 aromatic carbocycles. The van der Waals surface area contributed by atoms with Crippen LogP contribution in [0.15, 0.2) is 36.4 Å². The van der Waals surface area contributed by atoms with Crippen LogP contribution < -0.4 is 9.47 Å². The number of hydrogen-bond donors (Lipinski definition) is 0. The summed E-state index contributed by atoms with van der Waals surface area (Å²) in [6.45, 7) is 2.55. The van der Waals surface area contributed by atoms with Gasteiger partial charge in [0.15, 0.2) is 12.6 Å². The number of fused-ring (bicyclic) bond motifs is 2. The Kier molecular flexibility index (Phi) is 4.49. The number of esters is 2. The topological polar surface area (TPSA) is 86.7 Å². The van der Waals surface area contributed by atoms with Gasteiger partial charge in [-0.2, -0.15) is 0 Å². The van der Waals surface area contributed by atoms with Crippen molar-refractivity contribution in [3.8, 4) is 11.5 Å². The molecule has 0 fully saturated rings. The summed E-state index contributed by atoms with van der Waals surface area (Å²) in [5, 5.41) is 2.05. The van der Waals surface area contributed by atoms with Crippen molar-refractivity contribution < 1.29 is 28.7 Å². The van der Waals surface area contributed by atoms with Crippen molar-refractivity contribution in [1.82, 2.24) is 0 Å². The van der Waals surface area contributed by atoms with E-state index in [1.165, 1.54) is 13.8 Å². The van der Waals surface area contributed by atoms with Crippen molar-refractivity contribution in [3.05, 3.63) is 47.5 Å². The molecule has 0 amide bonds. The van der Waals surface area contributed by atoms with Crippen LogP contribution in [0.4, 0.5) is 0 Å². The molecule has 0 unspecified atom stereocenters. The molecule has 0 spiro atoms. The minimum absolute atomic E-state index is 0.279. The summed E-state index contributed by atoms with van der Waals surface area (Å²) >= 11 is 0. The fourth-order valence-electron chi connectivity index (χ4n) is 2.97.